The van der Waals surface area contributed by atoms with Crippen LogP contribution in [-0.2, 0) is 14.3 Å². The van der Waals surface area contributed by atoms with E-state index in [0.29, 0.717) is 25.8 Å². The van der Waals surface area contributed by atoms with E-state index in [-0.39, 0.29) is 37.8 Å². The third-order valence-electron chi connectivity index (χ3n) is 6.56. The minimum Gasteiger partial charge on any atom is -0.480 e. The molecular formula is C26H30N2O6. The summed E-state index contributed by atoms with van der Waals surface area (Å²) in [6, 6.07) is 15.4. The molecular weight excluding hydrogens is 436 g/mol. The molecule has 8 heteroatoms. The molecule has 0 spiro atoms. The molecule has 2 amide bonds. The second kappa shape index (κ2) is 10.7. The highest BCUT2D eigenvalue weighted by Crippen LogP contribution is 2.44. The Morgan fingerprint density at radius 3 is 2.26 bits per heavy atom. The van der Waals surface area contributed by atoms with Crippen molar-refractivity contribution in [3.05, 3.63) is 59.7 Å². The average molecular weight is 467 g/mol. The number of hydrogen-bond donors (Lipinski definition) is 3. The number of unbranched alkanes of at least 4 members (excludes halogenated alkanes) is 2. The fourth-order valence-corrected chi connectivity index (χ4v) is 4.89. The fourth-order valence-electron chi connectivity index (χ4n) is 4.89. The molecule has 2 atom stereocenters. The number of β-amino-alcohol motifs (C(OH)–C–C–N with tert-alkyl or cyclic N) is 1. The van der Waals surface area contributed by atoms with Gasteiger partial charge in [-0.25, -0.2) is 9.59 Å². The van der Waals surface area contributed by atoms with Gasteiger partial charge in [0.05, 0.1) is 6.10 Å². The lowest BCUT2D eigenvalue weighted by Gasteiger charge is -2.21. The maximum Gasteiger partial charge on any atom is 0.407 e. The molecule has 1 unspecified atom stereocenters. The van der Waals surface area contributed by atoms with Crippen LogP contribution in [0, 0.1) is 0 Å². The first kappa shape index (κ1) is 23.8. The predicted molar refractivity (Wildman–Crippen MR) is 125 cm³/mol. The van der Waals surface area contributed by atoms with Crippen molar-refractivity contribution in [1.82, 2.24) is 10.2 Å². The first-order valence-corrected chi connectivity index (χ1v) is 11.7. The number of nitrogens with one attached hydrogen (secondary N) is 1. The molecule has 0 radical (unpaired) electrons. The van der Waals surface area contributed by atoms with Crippen LogP contribution in [0.5, 0.6) is 0 Å². The van der Waals surface area contributed by atoms with Gasteiger partial charge in [-0.05, 0) is 35.1 Å². The molecule has 3 N–H and O–H groups in total. The summed E-state index contributed by atoms with van der Waals surface area (Å²) in [4.78, 5) is 37.0. The number of carbonyl (C=O) groups excluding carboxylic acids is 2. The van der Waals surface area contributed by atoms with Gasteiger partial charge in [-0.2, -0.15) is 0 Å². The van der Waals surface area contributed by atoms with E-state index in [2.05, 4.69) is 29.6 Å². The number of aliphatic hydroxyl groups excluding tert-OH is 1. The number of ether oxygens (including phenoxy) is 1. The Morgan fingerprint density at radius 2 is 1.62 bits per heavy atom. The molecule has 0 saturated carbocycles. The highest BCUT2D eigenvalue weighted by molar-refractivity contribution is 5.84. The first-order chi connectivity index (χ1) is 16.5. The van der Waals surface area contributed by atoms with Crippen LogP contribution in [0.4, 0.5) is 4.79 Å². The molecule has 0 aromatic heterocycles. The number of hydrogen-bond acceptors (Lipinski definition) is 5. The van der Waals surface area contributed by atoms with Crippen molar-refractivity contribution in [2.24, 2.45) is 0 Å². The van der Waals surface area contributed by atoms with Gasteiger partial charge in [0, 0.05) is 31.8 Å². The van der Waals surface area contributed by atoms with Crippen molar-refractivity contribution in [1.29, 1.82) is 0 Å². The third kappa shape index (κ3) is 5.22. The number of carboxylic acids is 1. The minimum absolute atomic E-state index is 0.0166. The first-order valence-electron chi connectivity index (χ1n) is 11.7. The average Bonchev–Trinajstić information content (AvgIpc) is 3.38. The lowest BCUT2D eigenvalue weighted by atomic mass is 9.98. The molecule has 4 rings (SSSR count). The molecule has 1 saturated heterocycles. The number of carboxylic acid groups (broad SMARTS) is 1. The van der Waals surface area contributed by atoms with E-state index in [1.807, 2.05) is 24.3 Å². The van der Waals surface area contributed by atoms with Crippen LogP contribution in [0.2, 0.25) is 0 Å². The number of nitrogens with zero attached hydrogens (tertiary/aromatic N) is 1. The summed E-state index contributed by atoms with van der Waals surface area (Å²) in [7, 11) is 0. The van der Waals surface area contributed by atoms with Gasteiger partial charge < -0.3 is 25.2 Å². The highest BCUT2D eigenvalue weighted by Gasteiger charge is 2.38. The quantitative estimate of drug-likeness (QED) is 0.489. The van der Waals surface area contributed by atoms with Crippen molar-refractivity contribution in [3.63, 3.8) is 0 Å². The molecule has 8 nitrogen and oxygen atoms in total. The number of benzene rings is 2. The van der Waals surface area contributed by atoms with Crippen LogP contribution < -0.4 is 5.32 Å². The van der Waals surface area contributed by atoms with Gasteiger partial charge in [-0.15, -0.1) is 0 Å². The summed E-state index contributed by atoms with van der Waals surface area (Å²) < 4.78 is 5.51. The summed E-state index contributed by atoms with van der Waals surface area (Å²) in [5, 5.41) is 21.6. The van der Waals surface area contributed by atoms with E-state index in [4.69, 9.17) is 4.74 Å². The smallest absolute Gasteiger partial charge is 0.407 e. The van der Waals surface area contributed by atoms with Crippen LogP contribution in [0.15, 0.2) is 48.5 Å². The topological polar surface area (TPSA) is 116 Å². The Kier molecular flexibility index (Phi) is 7.47. The zero-order valence-corrected chi connectivity index (χ0v) is 19.0. The van der Waals surface area contributed by atoms with Gasteiger partial charge in [0.15, 0.2) is 0 Å². The molecule has 1 aliphatic heterocycles. The van der Waals surface area contributed by atoms with E-state index >= 15 is 0 Å². The van der Waals surface area contributed by atoms with Crippen LogP contribution in [0.1, 0.15) is 49.1 Å². The Labute approximate surface area is 198 Å². The molecule has 180 valence electrons. The maximum absolute atomic E-state index is 12.3. The van der Waals surface area contributed by atoms with Crippen molar-refractivity contribution in [2.75, 3.05) is 19.7 Å². The monoisotopic (exact) mass is 466 g/mol. The van der Waals surface area contributed by atoms with Gasteiger partial charge in [0.1, 0.15) is 12.6 Å². The van der Waals surface area contributed by atoms with Crippen LogP contribution >= 0.6 is 0 Å². The number of likely N-dealkylation sites (tertiary alicyclic amines) is 1. The van der Waals surface area contributed by atoms with E-state index in [1.165, 1.54) is 16.0 Å². The number of amides is 2. The predicted octanol–water partition coefficient (Wildman–Crippen LogP) is 3.13. The maximum atomic E-state index is 12.3. The van der Waals surface area contributed by atoms with Gasteiger partial charge in [0.25, 0.3) is 0 Å². The molecule has 1 fully saturated rings. The number of alkyl carbamates (subject to hydrolysis) is 1. The molecule has 2 aliphatic rings. The lowest BCUT2D eigenvalue weighted by Crippen LogP contribution is -2.40. The molecule has 2 aromatic carbocycles. The van der Waals surface area contributed by atoms with Crippen LogP contribution in [0.25, 0.3) is 11.1 Å². The Morgan fingerprint density at radius 1 is 0.971 bits per heavy atom. The zero-order chi connectivity index (χ0) is 24.1. The molecule has 2 aromatic rings. The largest absolute Gasteiger partial charge is 0.480 e. The Hall–Kier alpha value is -3.39. The molecule has 34 heavy (non-hydrogen) atoms. The van der Waals surface area contributed by atoms with Crippen molar-refractivity contribution in [3.8, 4) is 11.1 Å². The Balaban J connectivity index is 1.15. The third-order valence-corrected chi connectivity index (χ3v) is 6.56. The number of aliphatic hydroxyl groups is 1. The minimum atomic E-state index is -1.09. The summed E-state index contributed by atoms with van der Waals surface area (Å²) in [5.41, 5.74) is 4.69. The lowest BCUT2D eigenvalue weighted by molar-refractivity contribution is -0.148. The molecule has 1 aliphatic carbocycles. The SMILES string of the molecule is O=C(NCCCCCC(=O)N1CC(O)C[C@H]1C(=O)O)OCC1c2ccccc2-c2ccccc21. The zero-order valence-electron chi connectivity index (χ0n) is 19.0. The number of aliphatic carboxylic acids is 1. The van der Waals surface area contributed by atoms with Gasteiger partial charge in [-0.1, -0.05) is 55.0 Å². The van der Waals surface area contributed by atoms with Gasteiger partial charge >= 0.3 is 12.1 Å². The summed E-state index contributed by atoms with van der Waals surface area (Å²) in [6.07, 6.45) is 1.03. The Bertz CT molecular complexity index is 1010. The van der Waals surface area contributed by atoms with Gasteiger partial charge in [0.2, 0.25) is 5.91 Å². The molecule has 0 bridgehead atoms. The standard InChI is InChI=1S/C26H30N2O6/c29-17-14-23(25(31)32)28(15-17)24(30)12-2-1-7-13-27-26(33)34-16-22-20-10-5-3-8-18(20)19-9-4-6-11-21(19)22/h3-6,8-11,17,22-23,29H,1-2,7,12-16H2,(H,27,33)(H,31,32)/t17?,23-/m0/s1. The normalized spacial score (nSPS) is 18.9. The van der Waals surface area contributed by atoms with Crippen molar-refractivity contribution >= 4 is 18.0 Å². The van der Waals surface area contributed by atoms with Crippen LogP contribution in [-0.4, -0.2) is 64.9 Å². The number of rotatable bonds is 9. The summed E-state index contributed by atoms with van der Waals surface area (Å²) >= 11 is 0. The number of carbonyl (C=O) groups is 3. The molecule has 1 heterocycles. The van der Waals surface area contributed by atoms with Crippen molar-refractivity contribution in [2.45, 2.75) is 50.2 Å². The van der Waals surface area contributed by atoms with E-state index in [9.17, 15) is 24.6 Å². The highest BCUT2D eigenvalue weighted by atomic mass is 16.5. The summed E-state index contributed by atoms with van der Waals surface area (Å²) in [5.74, 6) is -1.33. The fraction of sp³-hybridized carbons (Fsp3) is 0.423. The van der Waals surface area contributed by atoms with E-state index < -0.39 is 24.2 Å². The second-order valence-corrected chi connectivity index (χ2v) is 8.85. The van der Waals surface area contributed by atoms with E-state index in [1.54, 1.807) is 0 Å². The summed E-state index contributed by atoms with van der Waals surface area (Å²) in [6.45, 7) is 0.769. The van der Waals surface area contributed by atoms with Gasteiger partial charge in [-0.3, -0.25) is 4.79 Å². The second-order valence-electron chi connectivity index (χ2n) is 8.85. The van der Waals surface area contributed by atoms with Crippen molar-refractivity contribution < 1.29 is 29.3 Å². The van der Waals surface area contributed by atoms with E-state index in [0.717, 1.165) is 11.1 Å². The number of fused-ring (bicyclic) bond motifs is 3. The van der Waals surface area contributed by atoms with Crippen LogP contribution in [0.3, 0.4) is 0 Å².